The first-order valence-corrected chi connectivity index (χ1v) is 8.84. The summed E-state index contributed by atoms with van der Waals surface area (Å²) < 4.78 is 10.4. The summed E-state index contributed by atoms with van der Waals surface area (Å²) in [5, 5.41) is 0. The van der Waals surface area contributed by atoms with Crippen LogP contribution < -0.4 is 0 Å². The van der Waals surface area contributed by atoms with E-state index in [1.54, 1.807) is 6.92 Å². The molecule has 2 aromatic carbocycles. The minimum Gasteiger partial charge on any atom is -0.465 e. The van der Waals surface area contributed by atoms with Crippen molar-refractivity contribution in [3.63, 3.8) is 0 Å². The van der Waals surface area contributed by atoms with Crippen molar-refractivity contribution in [3.8, 4) is 23.5 Å². The summed E-state index contributed by atoms with van der Waals surface area (Å²) >= 11 is 0. The number of fused-ring (bicyclic) bond motifs is 3. The van der Waals surface area contributed by atoms with Gasteiger partial charge in [0.2, 0.25) is 0 Å². The van der Waals surface area contributed by atoms with Gasteiger partial charge in [-0.05, 0) is 29.2 Å². The number of amides is 1. The summed E-state index contributed by atoms with van der Waals surface area (Å²) in [7, 11) is 0. The molecule has 1 aliphatic rings. The van der Waals surface area contributed by atoms with E-state index in [0.29, 0.717) is 0 Å². The van der Waals surface area contributed by atoms with Crippen LogP contribution in [0.4, 0.5) is 4.79 Å². The van der Waals surface area contributed by atoms with Crippen LogP contribution in [0.1, 0.15) is 24.0 Å². The second-order valence-electron chi connectivity index (χ2n) is 6.17. The Morgan fingerprint density at radius 2 is 1.63 bits per heavy atom. The van der Waals surface area contributed by atoms with Gasteiger partial charge in [0.15, 0.2) is 0 Å². The number of ether oxygens (including phenoxy) is 2. The Labute approximate surface area is 158 Å². The van der Waals surface area contributed by atoms with Gasteiger partial charge >= 0.3 is 12.1 Å². The summed E-state index contributed by atoms with van der Waals surface area (Å²) in [4.78, 5) is 25.3. The lowest BCUT2D eigenvalue weighted by Crippen LogP contribution is -2.37. The molecule has 0 radical (unpaired) electrons. The van der Waals surface area contributed by atoms with Gasteiger partial charge in [-0.3, -0.25) is 9.69 Å². The number of terminal acetylenes is 1. The molecular weight excluding hydrogens is 342 g/mol. The van der Waals surface area contributed by atoms with Crippen LogP contribution in [0.2, 0.25) is 0 Å². The second-order valence-corrected chi connectivity index (χ2v) is 6.17. The van der Waals surface area contributed by atoms with Crippen molar-refractivity contribution < 1.29 is 19.1 Å². The first kappa shape index (κ1) is 18.5. The molecule has 138 valence electrons. The van der Waals surface area contributed by atoms with Crippen molar-refractivity contribution in [1.82, 2.24) is 4.90 Å². The van der Waals surface area contributed by atoms with Crippen molar-refractivity contribution in [2.75, 3.05) is 26.3 Å². The molecule has 0 heterocycles. The lowest BCUT2D eigenvalue weighted by Gasteiger charge is -2.21. The highest BCUT2D eigenvalue weighted by atomic mass is 16.6. The molecule has 1 aliphatic carbocycles. The maximum Gasteiger partial charge on any atom is 0.411 e. The summed E-state index contributed by atoms with van der Waals surface area (Å²) in [6, 6.07) is 16.2. The van der Waals surface area contributed by atoms with E-state index in [4.69, 9.17) is 15.9 Å². The average Bonchev–Trinajstić information content (AvgIpc) is 3.00. The molecule has 0 spiro atoms. The zero-order valence-electron chi connectivity index (χ0n) is 15.2. The summed E-state index contributed by atoms with van der Waals surface area (Å²) in [5.74, 6) is 1.82. The van der Waals surface area contributed by atoms with Crippen LogP contribution in [-0.2, 0) is 14.3 Å². The molecule has 0 unspecified atom stereocenters. The Morgan fingerprint density at radius 1 is 1.04 bits per heavy atom. The van der Waals surface area contributed by atoms with Gasteiger partial charge < -0.3 is 9.47 Å². The third kappa shape index (κ3) is 3.95. The normalized spacial score (nSPS) is 11.9. The lowest BCUT2D eigenvalue weighted by atomic mass is 9.98. The quantitative estimate of drug-likeness (QED) is 0.583. The molecule has 27 heavy (non-hydrogen) atoms. The van der Waals surface area contributed by atoms with Gasteiger partial charge in [0, 0.05) is 5.92 Å². The number of esters is 1. The van der Waals surface area contributed by atoms with Crippen LogP contribution in [0.3, 0.4) is 0 Å². The third-order valence-electron chi connectivity index (χ3n) is 4.50. The van der Waals surface area contributed by atoms with Crippen molar-refractivity contribution in [2.45, 2.75) is 12.8 Å². The van der Waals surface area contributed by atoms with E-state index in [1.165, 1.54) is 4.90 Å². The Balaban J connectivity index is 1.73. The standard InChI is InChI=1S/C22H21NO4/c1-3-13-23(14-21(24)26-4-2)22(25)27-15-20-18-11-7-5-9-16(18)17-10-6-8-12-19(17)20/h1,5-12,20H,4,13-15H2,2H3. The summed E-state index contributed by atoms with van der Waals surface area (Å²) in [6.45, 7) is 1.88. The zero-order chi connectivity index (χ0) is 19.2. The van der Waals surface area contributed by atoms with Gasteiger partial charge in [-0.15, -0.1) is 6.42 Å². The van der Waals surface area contributed by atoms with E-state index in [-0.39, 0.29) is 32.2 Å². The van der Waals surface area contributed by atoms with E-state index >= 15 is 0 Å². The monoisotopic (exact) mass is 363 g/mol. The van der Waals surface area contributed by atoms with Crippen LogP contribution in [0.15, 0.2) is 48.5 Å². The molecule has 2 aromatic rings. The largest absolute Gasteiger partial charge is 0.465 e. The fraction of sp³-hybridized carbons (Fsp3) is 0.273. The second kappa shape index (κ2) is 8.41. The minimum absolute atomic E-state index is 0.0184. The van der Waals surface area contributed by atoms with Gasteiger partial charge in [0.25, 0.3) is 0 Å². The summed E-state index contributed by atoms with van der Waals surface area (Å²) in [5.41, 5.74) is 4.56. The third-order valence-corrected chi connectivity index (χ3v) is 4.50. The van der Waals surface area contributed by atoms with E-state index in [1.807, 2.05) is 36.4 Å². The molecule has 3 rings (SSSR count). The molecule has 1 amide bonds. The molecule has 5 heteroatoms. The smallest absolute Gasteiger partial charge is 0.411 e. The molecule has 0 aliphatic heterocycles. The SMILES string of the molecule is C#CCN(CC(=O)OCC)C(=O)OCC1c2ccccc2-c2ccccc21. The van der Waals surface area contributed by atoms with Crippen LogP contribution in [0, 0.1) is 12.3 Å². The molecule has 0 saturated heterocycles. The van der Waals surface area contributed by atoms with E-state index in [0.717, 1.165) is 22.3 Å². The highest BCUT2D eigenvalue weighted by molar-refractivity contribution is 5.80. The number of benzene rings is 2. The Morgan fingerprint density at radius 3 is 2.19 bits per heavy atom. The van der Waals surface area contributed by atoms with Crippen LogP contribution in [0.5, 0.6) is 0 Å². The van der Waals surface area contributed by atoms with Crippen molar-refractivity contribution in [2.24, 2.45) is 0 Å². The number of nitrogens with zero attached hydrogens (tertiary/aromatic N) is 1. The fourth-order valence-corrected chi connectivity index (χ4v) is 3.34. The van der Waals surface area contributed by atoms with Crippen LogP contribution in [0.25, 0.3) is 11.1 Å². The molecule has 0 atom stereocenters. The van der Waals surface area contributed by atoms with Gasteiger partial charge in [0.05, 0.1) is 13.2 Å². The van der Waals surface area contributed by atoms with Crippen molar-refractivity contribution in [1.29, 1.82) is 0 Å². The molecule has 0 aromatic heterocycles. The average molecular weight is 363 g/mol. The van der Waals surface area contributed by atoms with Gasteiger partial charge in [-0.1, -0.05) is 54.5 Å². The number of hydrogen-bond acceptors (Lipinski definition) is 4. The highest BCUT2D eigenvalue weighted by Gasteiger charge is 2.29. The number of carbonyl (C=O) groups excluding carboxylic acids is 2. The highest BCUT2D eigenvalue weighted by Crippen LogP contribution is 2.44. The molecule has 0 bridgehead atoms. The first-order valence-electron chi connectivity index (χ1n) is 8.84. The molecule has 0 saturated carbocycles. The number of carbonyl (C=O) groups is 2. The number of rotatable bonds is 6. The van der Waals surface area contributed by atoms with Gasteiger partial charge in [-0.25, -0.2) is 4.79 Å². The maximum atomic E-state index is 12.5. The Hall–Kier alpha value is -3.26. The van der Waals surface area contributed by atoms with Gasteiger partial charge in [-0.2, -0.15) is 0 Å². The zero-order valence-corrected chi connectivity index (χ0v) is 15.2. The van der Waals surface area contributed by atoms with E-state index < -0.39 is 12.1 Å². The predicted molar refractivity (Wildman–Crippen MR) is 102 cm³/mol. The molecule has 0 N–H and O–H groups in total. The lowest BCUT2D eigenvalue weighted by molar-refractivity contribution is -0.143. The molecule has 0 fully saturated rings. The fourth-order valence-electron chi connectivity index (χ4n) is 3.34. The van der Waals surface area contributed by atoms with E-state index in [9.17, 15) is 9.59 Å². The first-order chi connectivity index (χ1) is 13.2. The van der Waals surface area contributed by atoms with Crippen LogP contribution in [-0.4, -0.2) is 43.3 Å². The van der Waals surface area contributed by atoms with Crippen molar-refractivity contribution in [3.05, 3.63) is 59.7 Å². The molecule has 5 nitrogen and oxygen atoms in total. The topological polar surface area (TPSA) is 55.8 Å². The van der Waals surface area contributed by atoms with Crippen LogP contribution >= 0.6 is 0 Å². The minimum atomic E-state index is -0.622. The van der Waals surface area contributed by atoms with Crippen molar-refractivity contribution >= 4 is 12.1 Å². The summed E-state index contributed by atoms with van der Waals surface area (Å²) in [6.07, 6.45) is 4.69. The van der Waals surface area contributed by atoms with E-state index in [2.05, 4.69) is 18.1 Å². The maximum absolute atomic E-state index is 12.5. The predicted octanol–water partition coefficient (Wildman–Crippen LogP) is 3.43. The van der Waals surface area contributed by atoms with Gasteiger partial charge in [0.1, 0.15) is 13.2 Å². The number of hydrogen-bond donors (Lipinski definition) is 0. The Kier molecular flexibility index (Phi) is 5.77. The molecular formula is C22H21NO4. The Bertz CT molecular complexity index is 838.